The predicted octanol–water partition coefficient (Wildman–Crippen LogP) is 2.78. The van der Waals surface area contributed by atoms with E-state index in [1.807, 2.05) is 0 Å². The summed E-state index contributed by atoms with van der Waals surface area (Å²) in [7, 11) is 0. The second-order valence-electron chi connectivity index (χ2n) is 3.16. The molecule has 0 aliphatic rings. The molecule has 1 aromatic rings. The highest BCUT2D eigenvalue weighted by Gasteiger charge is 2.34. The molecular weight excluding hydrogens is 259 g/mol. The van der Waals surface area contributed by atoms with Gasteiger partial charge >= 0.3 is 12.6 Å². The van der Waals surface area contributed by atoms with Crippen LogP contribution in [-0.2, 0) is 11.0 Å². The number of nitrogens with one attached hydrogen (secondary N) is 1. The van der Waals surface area contributed by atoms with Crippen LogP contribution in [0.15, 0.2) is 18.2 Å². The van der Waals surface area contributed by atoms with Gasteiger partial charge in [0.2, 0.25) is 0 Å². The Bertz CT molecular complexity index is 504. The number of carbonyl (C=O) groups excluding carboxylic acids is 1. The quantitative estimate of drug-likeness (QED) is 0.835. The highest BCUT2D eigenvalue weighted by Crippen LogP contribution is 2.35. The molecule has 0 spiro atoms. The Morgan fingerprint density at radius 3 is 2.39 bits per heavy atom. The number of anilines is 1. The lowest BCUT2D eigenvalue weighted by molar-refractivity contribution is -0.137. The Morgan fingerprint density at radius 2 is 1.94 bits per heavy atom. The van der Waals surface area contributed by atoms with Gasteiger partial charge in [0.15, 0.2) is 0 Å². The molecule has 96 valence electrons. The van der Waals surface area contributed by atoms with Gasteiger partial charge in [0.25, 0.3) is 5.91 Å². The number of benzene rings is 1. The minimum Gasteiger partial charge on any atom is -0.321 e. The zero-order chi connectivity index (χ0) is 13.9. The minimum atomic E-state index is -4.86. The van der Waals surface area contributed by atoms with Gasteiger partial charge in [0.1, 0.15) is 0 Å². The number of nitrogens with zero attached hydrogens (tertiary/aromatic N) is 1. The summed E-state index contributed by atoms with van der Waals surface area (Å²) in [5, 5.41) is 9.91. The molecule has 0 fully saturated rings. The summed E-state index contributed by atoms with van der Waals surface area (Å²) in [6, 6.07) is 3.69. The highest BCUT2D eigenvalue weighted by atomic mass is 19.4. The molecule has 0 heterocycles. The van der Waals surface area contributed by atoms with E-state index in [1.165, 1.54) is 11.4 Å². The number of hydrogen-bond acceptors (Lipinski definition) is 2. The molecule has 1 N–H and O–H groups in total. The lowest BCUT2D eigenvalue weighted by atomic mass is 10.1. The van der Waals surface area contributed by atoms with E-state index in [-0.39, 0.29) is 5.56 Å². The third kappa shape index (κ3) is 3.16. The van der Waals surface area contributed by atoms with Gasteiger partial charge < -0.3 is 5.32 Å². The largest absolute Gasteiger partial charge is 0.418 e. The van der Waals surface area contributed by atoms with Crippen LogP contribution in [0.25, 0.3) is 0 Å². The summed E-state index contributed by atoms with van der Waals surface area (Å²) in [5.41, 5.74) is -2.46. The standard InChI is InChI=1S/C10H5F5N2O/c11-8(12)9(18)17-7-2-1-5(4-16)3-6(7)10(13,14)15/h1-3,8H,(H,17,18). The van der Waals surface area contributed by atoms with E-state index >= 15 is 0 Å². The third-order valence-electron chi connectivity index (χ3n) is 1.91. The molecule has 0 saturated heterocycles. The molecule has 1 amide bonds. The van der Waals surface area contributed by atoms with Crippen LogP contribution in [0.1, 0.15) is 11.1 Å². The van der Waals surface area contributed by atoms with E-state index < -0.39 is 29.8 Å². The molecule has 0 atom stereocenters. The first-order valence-corrected chi connectivity index (χ1v) is 4.46. The first-order chi connectivity index (χ1) is 8.25. The second kappa shape index (κ2) is 5.00. The minimum absolute atomic E-state index is 0.294. The maximum Gasteiger partial charge on any atom is 0.418 e. The van der Waals surface area contributed by atoms with Crippen LogP contribution in [0.5, 0.6) is 0 Å². The second-order valence-corrected chi connectivity index (χ2v) is 3.16. The van der Waals surface area contributed by atoms with Gasteiger partial charge in [-0.05, 0) is 18.2 Å². The van der Waals surface area contributed by atoms with Gasteiger partial charge in [-0.25, -0.2) is 0 Å². The molecule has 0 radical (unpaired) electrons. The molecule has 0 bridgehead atoms. The van der Waals surface area contributed by atoms with Crippen molar-refractivity contribution in [2.45, 2.75) is 12.6 Å². The zero-order valence-corrected chi connectivity index (χ0v) is 8.55. The Balaban J connectivity index is 3.20. The molecule has 1 rings (SSSR count). The van der Waals surface area contributed by atoms with Crippen LogP contribution < -0.4 is 5.32 Å². The smallest absolute Gasteiger partial charge is 0.321 e. The molecule has 3 nitrogen and oxygen atoms in total. The molecular formula is C10H5F5N2O. The Hall–Kier alpha value is -2.17. The monoisotopic (exact) mass is 264 g/mol. The summed E-state index contributed by atoms with van der Waals surface area (Å²) >= 11 is 0. The van der Waals surface area contributed by atoms with Crippen molar-refractivity contribution in [1.82, 2.24) is 0 Å². The van der Waals surface area contributed by atoms with E-state index in [2.05, 4.69) is 0 Å². The summed E-state index contributed by atoms with van der Waals surface area (Å²) in [5.74, 6) is -1.84. The predicted molar refractivity (Wildman–Crippen MR) is 50.8 cm³/mol. The molecule has 0 unspecified atom stereocenters. The first kappa shape index (κ1) is 13.9. The molecule has 0 aliphatic carbocycles. The van der Waals surface area contributed by atoms with Crippen LogP contribution in [0.4, 0.5) is 27.6 Å². The molecule has 1 aromatic carbocycles. The number of rotatable bonds is 2. The number of hydrogen-bond donors (Lipinski definition) is 1. The van der Waals surface area contributed by atoms with Crippen LogP contribution in [0.2, 0.25) is 0 Å². The van der Waals surface area contributed by atoms with Crippen LogP contribution in [-0.4, -0.2) is 12.3 Å². The lowest BCUT2D eigenvalue weighted by Crippen LogP contribution is -2.22. The molecule has 0 aromatic heterocycles. The average molecular weight is 264 g/mol. The number of alkyl halides is 5. The van der Waals surface area contributed by atoms with E-state index in [4.69, 9.17) is 5.26 Å². The topological polar surface area (TPSA) is 52.9 Å². The summed E-state index contributed by atoms with van der Waals surface area (Å²) in [4.78, 5) is 10.7. The molecule has 18 heavy (non-hydrogen) atoms. The van der Waals surface area contributed by atoms with Crippen LogP contribution >= 0.6 is 0 Å². The molecule has 0 saturated carbocycles. The fourth-order valence-electron chi connectivity index (χ4n) is 1.14. The number of carbonyl (C=O) groups is 1. The van der Waals surface area contributed by atoms with Gasteiger partial charge in [-0.1, -0.05) is 0 Å². The molecule has 0 aliphatic heterocycles. The van der Waals surface area contributed by atoms with E-state index in [9.17, 15) is 26.7 Å². The summed E-state index contributed by atoms with van der Waals surface area (Å²) in [6.07, 6.45) is -8.29. The van der Waals surface area contributed by atoms with Crippen molar-refractivity contribution in [2.75, 3.05) is 5.32 Å². The number of halogens is 5. The van der Waals surface area contributed by atoms with Crippen molar-refractivity contribution in [2.24, 2.45) is 0 Å². The Morgan fingerprint density at radius 1 is 1.33 bits per heavy atom. The average Bonchev–Trinajstić information content (AvgIpc) is 2.27. The van der Waals surface area contributed by atoms with Crippen molar-refractivity contribution in [3.8, 4) is 6.07 Å². The fourth-order valence-corrected chi connectivity index (χ4v) is 1.14. The third-order valence-corrected chi connectivity index (χ3v) is 1.91. The van der Waals surface area contributed by atoms with E-state index in [0.717, 1.165) is 12.1 Å². The van der Waals surface area contributed by atoms with Crippen molar-refractivity contribution in [3.63, 3.8) is 0 Å². The zero-order valence-electron chi connectivity index (χ0n) is 8.55. The van der Waals surface area contributed by atoms with Gasteiger partial charge in [0, 0.05) is 0 Å². The number of nitriles is 1. The normalized spacial score (nSPS) is 11.2. The van der Waals surface area contributed by atoms with Crippen molar-refractivity contribution in [1.29, 1.82) is 5.26 Å². The summed E-state index contributed by atoms with van der Waals surface area (Å²) < 4.78 is 61.6. The first-order valence-electron chi connectivity index (χ1n) is 4.46. The van der Waals surface area contributed by atoms with Crippen molar-refractivity contribution in [3.05, 3.63) is 29.3 Å². The van der Waals surface area contributed by atoms with Crippen LogP contribution in [0, 0.1) is 11.3 Å². The Kier molecular flexibility index (Phi) is 3.86. The molecule has 8 heteroatoms. The number of amides is 1. The Labute approximate surface area is 97.8 Å². The fraction of sp³-hybridized carbons (Fsp3) is 0.200. The van der Waals surface area contributed by atoms with Gasteiger partial charge in [-0.3, -0.25) is 4.79 Å². The van der Waals surface area contributed by atoms with Gasteiger partial charge in [-0.2, -0.15) is 27.2 Å². The van der Waals surface area contributed by atoms with Gasteiger partial charge in [0.05, 0.1) is 22.9 Å². The lowest BCUT2D eigenvalue weighted by Gasteiger charge is -2.13. The van der Waals surface area contributed by atoms with Gasteiger partial charge in [-0.15, -0.1) is 0 Å². The van der Waals surface area contributed by atoms with Crippen molar-refractivity contribution < 1.29 is 26.7 Å². The van der Waals surface area contributed by atoms with Crippen molar-refractivity contribution >= 4 is 11.6 Å². The van der Waals surface area contributed by atoms with E-state index in [1.54, 1.807) is 0 Å². The highest BCUT2D eigenvalue weighted by molar-refractivity contribution is 5.93. The SMILES string of the molecule is N#Cc1ccc(NC(=O)C(F)F)c(C(F)(F)F)c1. The maximum absolute atomic E-state index is 12.6. The summed E-state index contributed by atoms with van der Waals surface area (Å²) in [6.45, 7) is 0. The van der Waals surface area contributed by atoms with E-state index in [0.29, 0.717) is 6.07 Å². The maximum atomic E-state index is 12.6. The van der Waals surface area contributed by atoms with Crippen LogP contribution in [0.3, 0.4) is 0 Å².